The predicted molar refractivity (Wildman–Crippen MR) is 95.9 cm³/mol. The minimum absolute atomic E-state index is 0.156. The summed E-state index contributed by atoms with van der Waals surface area (Å²) in [6, 6.07) is 6.77. The number of hydrogen-bond acceptors (Lipinski definition) is 1. The Balaban J connectivity index is 2.73. The summed E-state index contributed by atoms with van der Waals surface area (Å²) in [6.45, 7) is 12.1. The van der Waals surface area contributed by atoms with Gasteiger partial charge in [0, 0.05) is 14.5 Å². The first-order valence-electron chi connectivity index (χ1n) is 8.72. The van der Waals surface area contributed by atoms with Crippen molar-refractivity contribution in [2.75, 3.05) is 0 Å². The van der Waals surface area contributed by atoms with Crippen LogP contribution >= 0.6 is 0 Å². The highest BCUT2D eigenvalue weighted by Gasteiger charge is 2.22. The minimum atomic E-state index is -1.76. The van der Waals surface area contributed by atoms with Gasteiger partial charge in [0.05, 0.1) is 13.8 Å². The molecule has 0 N–H and O–H groups in total. The molecule has 0 fully saturated rings. The van der Waals surface area contributed by atoms with Crippen LogP contribution in [0.2, 0.25) is 19.6 Å². The third-order valence-corrected chi connectivity index (χ3v) is 5.71. The van der Waals surface area contributed by atoms with Crippen molar-refractivity contribution in [2.24, 2.45) is 5.92 Å². The lowest BCUT2D eigenvalue weighted by atomic mass is 9.99. The van der Waals surface area contributed by atoms with Crippen LogP contribution in [0.1, 0.15) is 27.7 Å². The molecular weight excluding hydrogens is 289 g/mol. The Hall–Kier alpha value is -1.48. The van der Waals surface area contributed by atoms with Gasteiger partial charge in [0.2, 0.25) is 0 Å². The van der Waals surface area contributed by atoms with E-state index in [-0.39, 0.29) is 11.7 Å². The number of aromatic nitrogens is 1. The molecule has 3 heteroatoms. The van der Waals surface area contributed by atoms with Crippen LogP contribution in [0.5, 0.6) is 0 Å². The molecule has 0 radical (unpaired) electrons. The van der Waals surface area contributed by atoms with E-state index < -0.39 is 14.4 Å². The van der Waals surface area contributed by atoms with E-state index in [0.29, 0.717) is 16.8 Å². The van der Waals surface area contributed by atoms with Crippen LogP contribution < -0.4 is 5.19 Å². The highest BCUT2D eigenvalue weighted by molar-refractivity contribution is 6.89. The van der Waals surface area contributed by atoms with Crippen LogP contribution in [0.4, 0.5) is 4.39 Å². The standard InChI is InChI=1S/C19H26FNSi/c1-13(2)10-15-11-18(21-12-19(15)22(4,5)6)16-8-7-9-17(20)14(16)3/h7-9,11-13H,10H2,1-6H3/i10D2. The third kappa shape index (κ3) is 3.64. The van der Waals surface area contributed by atoms with Gasteiger partial charge in [-0.25, -0.2) is 4.39 Å². The van der Waals surface area contributed by atoms with Crippen molar-refractivity contribution in [1.82, 2.24) is 4.98 Å². The lowest BCUT2D eigenvalue weighted by molar-refractivity contribution is 0.619. The first kappa shape index (κ1) is 14.1. The Morgan fingerprint density at radius 1 is 1.27 bits per heavy atom. The maximum absolute atomic E-state index is 13.9. The van der Waals surface area contributed by atoms with Crippen molar-refractivity contribution in [3.63, 3.8) is 0 Å². The number of nitrogens with zero attached hydrogens (tertiary/aromatic N) is 1. The number of rotatable bonds is 4. The molecule has 0 spiro atoms. The van der Waals surface area contributed by atoms with Gasteiger partial charge >= 0.3 is 0 Å². The Bertz CT molecular complexity index is 752. The first-order chi connectivity index (χ1) is 11.0. The Kier molecular flexibility index (Phi) is 4.07. The summed E-state index contributed by atoms with van der Waals surface area (Å²) in [6.07, 6.45) is 0.357. The van der Waals surface area contributed by atoms with Gasteiger partial charge < -0.3 is 0 Å². The summed E-state index contributed by atoms with van der Waals surface area (Å²) >= 11 is 0. The molecule has 118 valence electrons. The molecule has 1 heterocycles. The van der Waals surface area contributed by atoms with E-state index in [1.807, 2.05) is 26.0 Å². The molecule has 0 atom stereocenters. The zero-order valence-electron chi connectivity index (χ0n) is 16.3. The van der Waals surface area contributed by atoms with Gasteiger partial charge in [0.1, 0.15) is 5.82 Å². The second kappa shape index (κ2) is 6.33. The van der Waals surface area contributed by atoms with Crippen molar-refractivity contribution in [3.05, 3.63) is 47.4 Å². The zero-order valence-corrected chi connectivity index (χ0v) is 15.3. The monoisotopic (exact) mass is 317 g/mol. The van der Waals surface area contributed by atoms with Crippen LogP contribution in [0.15, 0.2) is 30.5 Å². The molecule has 0 aliphatic carbocycles. The van der Waals surface area contributed by atoms with E-state index in [1.54, 1.807) is 19.2 Å². The van der Waals surface area contributed by atoms with E-state index in [9.17, 15) is 4.39 Å². The molecule has 22 heavy (non-hydrogen) atoms. The lowest BCUT2D eigenvalue weighted by Gasteiger charge is -2.22. The highest BCUT2D eigenvalue weighted by atomic mass is 28.3. The largest absolute Gasteiger partial charge is 0.256 e. The zero-order chi connectivity index (χ0) is 18.3. The minimum Gasteiger partial charge on any atom is -0.256 e. The number of hydrogen-bond donors (Lipinski definition) is 0. The number of benzene rings is 1. The average molecular weight is 318 g/mol. The van der Waals surface area contributed by atoms with Gasteiger partial charge in [-0.2, -0.15) is 0 Å². The fraction of sp³-hybridized carbons (Fsp3) is 0.421. The van der Waals surface area contributed by atoms with E-state index in [2.05, 4.69) is 24.6 Å². The molecule has 0 amide bonds. The summed E-state index contributed by atoms with van der Waals surface area (Å²) < 4.78 is 31.1. The van der Waals surface area contributed by atoms with Crippen molar-refractivity contribution in [3.8, 4) is 11.3 Å². The molecule has 2 rings (SSSR count). The summed E-state index contributed by atoms with van der Waals surface area (Å²) in [5.41, 5.74) is 2.60. The van der Waals surface area contributed by atoms with Gasteiger partial charge in [-0.15, -0.1) is 0 Å². The van der Waals surface area contributed by atoms with Gasteiger partial charge in [0.25, 0.3) is 0 Å². The smallest absolute Gasteiger partial charge is 0.126 e. The van der Waals surface area contributed by atoms with Gasteiger partial charge in [-0.05, 0) is 47.7 Å². The summed E-state index contributed by atoms with van der Waals surface area (Å²) in [4.78, 5) is 4.55. The fourth-order valence-electron chi connectivity index (χ4n) is 2.52. The van der Waals surface area contributed by atoms with Crippen LogP contribution in [-0.2, 0) is 6.37 Å². The third-order valence-electron chi connectivity index (χ3n) is 3.70. The molecule has 0 unspecified atom stereocenters. The maximum atomic E-state index is 13.9. The van der Waals surface area contributed by atoms with Crippen molar-refractivity contribution in [1.29, 1.82) is 0 Å². The molecule has 0 aliphatic rings. The second-order valence-electron chi connectivity index (χ2n) is 7.08. The molecule has 0 saturated carbocycles. The number of halogens is 1. The van der Waals surface area contributed by atoms with Crippen LogP contribution in [0.25, 0.3) is 11.3 Å². The molecule has 2 aromatic rings. The molecule has 1 aromatic carbocycles. The molecule has 0 saturated heterocycles. The fourth-order valence-corrected chi connectivity index (χ4v) is 3.92. The predicted octanol–water partition coefficient (Wildman–Crippen LogP) is 4.94. The molecule has 1 aromatic heterocycles. The molecule has 0 bridgehead atoms. The van der Waals surface area contributed by atoms with Crippen molar-refractivity contribution < 1.29 is 7.13 Å². The normalized spacial score (nSPS) is 14.0. The summed E-state index contributed by atoms with van der Waals surface area (Å²) in [5, 5.41) is 1.03. The van der Waals surface area contributed by atoms with Crippen LogP contribution in [0, 0.1) is 18.7 Å². The summed E-state index contributed by atoms with van der Waals surface area (Å²) in [7, 11) is -1.76. The second-order valence-corrected chi connectivity index (χ2v) is 12.1. The van der Waals surface area contributed by atoms with E-state index in [4.69, 9.17) is 2.74 Å². The van der Waals surface area contributed by atoms with Crippen LogP contribution in [0.3, 0.4) is 0 Å². The van der Waals surface area contributed by atoms with Crippen molar-refractivity contribution in [2.45, 2.75) is 46.8 Å². The van der Waals surface area contributed by atoms with Gasteiger partial charge in [-0.1, -0.05) is 45.6 Å². The highest BCUT2D eigenvalue weighted by Crippen LogP contribution is 2.25. The molecule has 0 aliphatic heterocycles. The van der Waals surface area contributed by atoms with Gasteiger partial charge in [0.15, 0.2) is 0 Å². The first-order valence-corrected chi connectivity index (χ1v) is 11.2. The molecular formula is C19H26FNSi. The molecule has 1 nitrogen and oxygen atoms in total. The van der Waals surface area contributed by atoms with Crippen molar-refractivity contribution >= 4 is 13.3 Å². The van der Waals surface area contributed by atoms with Crippen LogP contribution in [-0.4, -0.2) is 13.1 Å². The Labute approximate surface area is 137 Å². The Morgan fingerprint density at radius 2 is 1.95 bits per heavy atom. The quantitative estimate of drug-likeness (QED) is 0.728. The van der Waals surface area contributed by atoms with E-state index in [0.717, 1.165) is 10.8 Å². The lowest BCUT2D eigenvalue weighted by Crippen LogP contribution is -2.40. The maximum Gasteiger partial charge on any atom is 0.126 e. The number of pyridine rings is 1. The average Bonchev–Trinajstić information content (AvgIpc) is 2.48. The topological polar surface area (TPSA) is 12.9 Å². The van der Waals surface area contributed by atoms with Gasteiger partial charge in [-0.3, -0.25) is 4.98 Å². The van der Waals surface area contributed by atoms with E-state index in [1.165, 1.54) is 6.07 Å². The van der Waals surface area contributed by atoms with E-state index >= 15 is 0 Å². The summed E-state index contributed by atoms with van der Waals surface area (Å²) in [5.74, 6) is -0.423. The Morgan fingerprint density at radius 3 is 2.55 bits per heavy atom. The SMILES string of the molecule is [2H]C([2H])(c1cc(-c2cccc(F)c2C)ncc1[Si](C)(C)C)C(C)C.